The van der Waals surface area contributed by atoms with Gasteiger partial charge in [0, 0.05) is 39.3 Å². The van der Waals surface area contributed by atoms with Gasteiger partial charge in [-0.1, -0.05) is 6.92 Å². The van der Waals surface area contributed by atoms with Gasteiger partial charge in [-0.05, 0) is 6.54 Å². The molecule has 0 atom stereocenters. The van der Waals surface area contributed by atoms with Crippen molar-refractivity contribution in [2.75, 3.05) is 59.0 Å². The van der Waals surface area contributed by atoms with E-state index >= 15 is 0 Å². The molecule has 1 rings (SSSR count). The van der Waals surface area contributed by atoms with Crippen molar-refractivity contribution in [3.8, 4) is 0 Å². The van der Waals surface area contributed by atoms with E-state index in [1.807, 2.05) is 4.90 Å². The van der Waals surface area contributed by atoms with E-state index in [0.717, 1.165) is 39.3 Å². The fourth-order valence-corrected chi connectivity index (χ4v) is 1.79. The standard InChI is InChI=1S/C11H24N4O2/c1-2-14(8-10-17-9-3-12)6-7-15-5-4-13-11(15)16/h2-10,12H2,1H3,(H,13,16). The van der Waals surface area contributed by atoms with Crippen molar-refractivity contribution in [3.05, 3.63) is 0 Å². The summed E-state index contributed by atoms with van der Waals surface area (Å²) >= 11 is 0. The van der Waals surface area contributed by atoms with Gasteiger partial charge in [-0.2, -0.15) is 0 Å². The topological polar surface area (TPSA) is 70.8 Å². The second-order valence-corrected chi connectivity index (χ2v) is 4.05. The van der Waals surface area contributed by atoms with Gasteiger partial charge in [0.1, 0.15) is 0 Å². The van der Waals surface area contributed by atoms with Crippen molar-refractivity contribution < 1.29 is 9.53 Å². The van der Waals surface area contributed by atoms with Crippen LogP contribution in [0.15, 0.2) is 0 Å². The van der Waals surface area contributed by atoms with Crippen LogP contribution in [0.3, 0.4) is 0 Å². The van der Waals surface area contributed by atoms with E-state index in [9.17, 15) is 4.79 Å². The van der Waals surface area contributed by atoms with Crippen molar-refractivity contribution >= 4 is 6.03 Å². The number of likely N-dealkylation sites (N-methyl/N-ethyl adjacent to an activating group) is 1. The summed E-state index contributed by atoms with van der Waals surface area (Å²) in [5, 5.41) is 2.80. The van der Waals surface area contributed by atoms with Gasteiger partial charge >= 0.3 is 6.03 Å². The molecule has 1 aliphatic heterocycles. The molecule has 0 aromatic rings. The van der Waals surface area contributed by atoms with Gasteiger partial charge in [0.05, 0.1) is 13.2 Å². The third-order valence-corrected chi connectivity index (χ3v) is 2.89. The van der Waals surface area contributed by atoms with Gasteiger partial charge in [-0.3, -0.25) is 4.90 Å². The number of rotatable bonds is 9. The predicted octanol–water partition coefficient (Wildman–Crippen LogP) is -0.691. The summed E-state index contributed by atoms with van der Waals surface area (Å²) in [4.78, 5) is 15.5. The average Bonchev–Trinajstić information content (AvgIpc) is 2.74. The maximum Gasteiger partial charge on any atom is 0.317 e. The molecule has 100 valence electrons. The summed E-state index contributed by atoms with van der Waals surface area (Å²) in [7, 11) is 0. The van der Waals surface area contributed by atoms with Crippen LogP contribution in [0.1, 0.15) is 6.92 Å². The number of nitrogens with two attached hydrogens (primary N) is 1. The predicted molar refractivity (Wildman–Crippen MR) is 67.0 cm³/mol. The molecule has 1 heterocycles. The molecule has 1 aliphatic rings. The van der Waals surface area contributed by atoms with Crippen molar-refractivity contribution in [2.45, 2.75) is 6.92 Å². The molecule has 3 N–H and O–H groups in total. The number of ether oxygens (including phenoxy) is 1. The van der Waals surface area contributed by atoms with Crippen LogP contribution in [-0.2, 0) is 4.74 Å². The van der Waals surface area contributed by atoms with Crippen LogP contribution in [0.5, 0.6) is 0 Å². The number of amides is 2. The third-order valence-electron chi connectivity index (χ3n) is 2.89. The van der Waals surface area contributed by atoms with Crippen LogP contribution in [0.2, 0.25) is 0 Å². The zero-order valence-electron chi connectivity index (χ0n) is 10.7. The SMILES string of the molecule is CCN(CCOCCN)CCN1CCNC1=O. The minimum absolute atomic E-state index is 0.0560. The van der Waals surface area contributed by atoms with E-state index in [2.05, 4.69) is 17.1 Å². The first-order valence-electron chi connectivity index (χ1n) is 6.31. The van der Waals surface area contributed by atoms with E-state index < -0.39 is 0 Å². The lowest BCUT2D eigenvalue weighted by molar-refractivity contribution is 0.108. The second kappa shape index (κ2) is 8.27. The summed E-state index contributed by atoms with van der Waals surface area (Å²) in [6.45, 7) is 9.15. The number of hydrogen-bond donors (Lipinski definition) is 2. The van der Waals surface area contributed by atoms with Gasteiger partial charge in [0.2, 0.25) is 0 Å². The molecular formula is C11H24N4O2. The van der Waals surface area contributed by atoms with Crippen LogP contribution < -0.4 is 11.1 Å². The molecule has 0 aromatic heterocycles. The summed E-state index contributed by atoms with van der Waals surface area (Å²) in [5.41, 5.74) is 5.34. The Morgan fingerprint density at radius 2 is 2.29 bits per heavy atom. The number of carbonyl (C=O) groups is 1. The molecule has 6 nitrogen and oxygen atoms in total. The van der Waals surface area contributed by atoms with Crippen LogP contribution in [0.4, 0.5) is 4.79 Å². The normalized spacial score (nSPS) is 15.7. The molecule has 0 radical (unpaired) electrons. The van der Waals surface area contributed by atoms with Gasteiger partial charge in [-0.15, -0.1) is 0 Å². The molecular weight excluding hydrogens is 220 g/mol. The Labute approximate surface area is 103 Å². The van der Waals surface area contributed by atoms with Crippen LogP contribution in [-0.4, -0.2) is 74.9 Å². The third kappa shape index (κ3) is 5.34. The summed E-state index contributed by atoms with van der Waals surface area (Å²) < 4.78 is 5.35. The van der Waals surface area contributed by atoms with Gasteiger partial charge < -0.3 is 20.7 Å². The Kier molecular flexibility index (Phi) is 6.91. The first kappa shape index (κ1) is 14.2. The smallest absolute Gasteiger partial charge is 0.317 e. The number of carbonyl (C=O) groups excluding carboxylic acids is 1. The van der Waals surface area contributed by atoms with Gasteiger partial charge in [0.15, 0.2) is 0 Å². The minimum Gasteiger partial charge on any atom is -0.379 e. The van der Waals surface area contributed by atoms with Crippen LogP contribution in [0, 0.1) is 0 Å². The highest BCUT2D eigenvalue weighted by molar-refractivity contribution is 5.76. The average molecular weight is 244 g/mol. The monoisotopic (exact) mass is 244 g/mol. The zero-order chi connectivity index (χ0) is 12.5. The molecule has 17 heavy (non-hydrogen) atoms. The molecule has 0 bridgehead atoms. The maximum absolute atomic E-state index is 11.3. The Bertz CT molecular complexity index is 226. The maximum atomic E-state index is 11.3. The number of nitrogens with one attached hydrogen (secondary N) is 1. The summed E-state index contributed by atoms with van der Waals surface area (Å²) in [6.07, 6.45) is 0. The second-order valence-electron chi connectivity index (χ2n) is 4.05. The number of hydrogen-bond acceptors (Lipinski definition) is 4. The van der Waals surface area contributed by atoms with Crippen LogP contribution in [0.25, 0.3) is 0 Å². The van der Waals surface area contributed by atoms with E-state index in [1.165, 1.54) is 0 Å². The van der Waals surface area contributed by atoms with Crippen molar-refractivity contribution in [1.29, 1.82) is 0 Å². The fourth-order valence-electron chi connectivity index (χ4n) is 1.79. The summed E-state index contributed by atoms with van der Waals surface area (Å²) in [5.74, 6) is 0. The lowest BCUT2D eigenvalue weighted by atomic mass is 10.4. The van der Waals surface area contributed by atoms with Crippen molar-refractivity contribution in [1.82, 2.24) is 15.1 Å². The number of urea groups is 1. The van der Waals surface area contributed by atoms with Gasteiger partial charge in [0.25, 0.3) is 0 Å². The largest absolute Gasteiger partial charge is 0.379 e. The lowest BCUT2D eigenvalue weighted by Crippen LogP contribution is -2.38. The van der Waals surface area contributed by atoms with E-state index in [0.29, 0.717) is 19.8 Å². The quantitative estimate of drug-likeness (QED) is 0.527. The Morgan fingerprint density at radius 1 is 1.47 bits per heavy atom. The Morgan fingerprint density at radius 3 is 2.88 bits per heavy atom. The van der Waals surface area contributed by atoms with Crippen molar-refractivity contribution in [2.24, 2.45) is 5.73 Å². The number of nitrogens with zero attached hydrogens (tertiary/aromatic N) is 2. The highest BCUT2D eigenvalue weighted by atomic mass is 16.5. The molecule has 0 aromatic carbocycles. The lowest BCUT2D eigenvalue weighted by Gasteiger charge is -2.23. The van der Waals surface area contributed by atoms with Crippen molar-refractivity contribution in [3.63, 3.8) is 0 Å². The zero-order valence-corrected chi connectivity index (χ0v) is 10.7. The highest BCUT2D eigenvalue weighted by Crippen LogP contribution is 1.97. The fraction of sp³-hybridized carbons (Fsp3) is 0.909. The van der Waals surface area contributed by atoms with E-state index in [-0.39, 0.29) is 6.03 Å². The molecule has 6 heteroatoms. The van der Waals surface area contributed by atoms with Gasteiger partial charge in [-0.25, -0.2) is 4.79 Å². The van der Waals surface area contributed by atoms with E-state index in [4.69, 9.17) is 10.5 Å². The molecule has 1 fully saturated rings. The minimum atomic E-state index is 0.0560. The first-order valence-corrected chi connectivity index (χ1v) is 6.31. The summed E-state index contributed by atoms with van der Waals surface area (Å²) in [6, 6.07) is 0.0560. The molecule has 0 spiro atoms. The molecule has 0 unspecified atom stereocenters. The molecule has 1 saturated heterocycles. The van der Waals surface area contributed by atoms with Crippen LogP contribution >= 0.6 is 0 Å². The first-order chi connectivity index (χ1) is 8.27. The molecule has 0 aliphatic carbocycles. The highest BCUT2D eigenvalue weighted by Gasteiger charge is 2.19. The Balaban J connectivity index is 2.11. The Hall–Kier alpha value is -0.850. The molecule has 0 saturated carbocycles. The molecule has 2 amide bonds. The van der Waals surface area contributed by atoms with E-state index in [1.54, 1.807) is 0 Å².